The van der Waals surface area contributed by atoms with Crippen LogP contribution in [0.5, 0.6) is 0 Å². The number of carbonyl (C=O) groups is 2. The van der Waals surface area contributed by atoms with E-state index in [0.29, 0.717) is 30.8 Å². The van der Waals surface area contributed by atoms with Crippen molar-refractivity contribution < 1.29 is 9.59 Å². The Morgan fingerprint density at radius 3 is 2.65 bits per heavy atom. The van der Waals surface area contributed by atoms with Crippen molar-refractivity contribution in [3.05, 3.63) is 50.1 Å². The van der Waals surface area contributed by atoms with E-state index in [1.807, 2.05) is 20.8 Å². The molecule has 8 nitrogen and oxygen atoms in total. The molecule has 0 bridgehead atoms. The maximum absolute atomic E-state index is 13.3. The summed E-state index contributed by atoms with van der Waals surface area (Å²) in [6.45, 7) is 10.7. The molecular formula is C26H35N5O3. The number of nitrogens with zero attached hydrogens (tertiary/aromatic N) is 2. The highest BCUT2D eigenvalue weighted by atomic mass is 16.2. The monoisotopic (exact) mass is 465 g/mol. The van der Waals surface area contributed by atoms with Crippen LogP contribution in [-0.2, 0) is 11.2 Å². The van der Waals surface area contributed by atoms with Crippen LogP contribution in [0.3, 0.4) is 0 Å². The highest BCUT2D eigenvalue weighted by Crippen LogP contribution is 2.36. The van der Waals surface area contributed by atoms with Crippen LogP contribution in [-0.4, -0.2) is 34.4 Å². The van der Waals surface area contributed by atoms with Crippen LogP contribution in [0.2, 0.25) is 0 Å². The highest BCUT2D eigenvalue weighted by Gasteiger charge is 2.29. The molecule has 8 heteroatoms. The van der Waals surface area contributed by atoms with E-state index >= 15 is 0 Å². The van der Waals surface area contributed by atoms with E-state index in [9.17, 15) is 14.4 Å². The van der Waals surface area contributed by atoms with Gasteiger partial charge in [0, 0.05) is 30.4 Å². The smallest absolute Gasteiger partial charge is 0.273 e. The third kappa shape index (κ3) is 4.45. The predicted molar refractivity (Wildman–Crippen MR) is 134 cm³/mol. The molecule has 2 aromatic heterocycles. The number of hydrogen-bond donors (Lipinski definition) is 3. The van der Waals surface area contributed by atoms with E-state index in [-0.39, 0.29) is 35.1 Å². The minimum absolute atomic E-state index is 0.0170. The second kappa shape index (κ2) is 9.60. The van der Waals surface area contributed by atoms with Crippen LogP contribution in [0.4, 0.5) is 11.5 Å². The molecule has 2 unspecified atom stereocenters. The number of carbonyl (C=O) groups excluding carboxylic acids is 2. The van der Waals surface area contributed by atoms with Gasteiger partial charge in [0.2, 0.25) is 5.91 Å². The number of fused-ring (bicyclic) bond motifs is 1. The maximum Gasteiger partial charge on any atom is 0.273 e. The summed E-state index contributed by atoms with van der Waals surface area (Å²) in [5.74, 6) is 0.0249. The maximum atomic E-state index is 13.3. The number of H-pyrrole nitrogens is 1. The summed E-state index contributed by atoms with van der Waals surface area (Å²) in [5, 5.41) is 6.48. The van der Waals surface area contributed by atoms with E-state index in [0.717, 1.165) is 42.6 Å². The van der Waals surface area contributed by atoms with Gasteiger partial charge in [-0.05, 0) is 82.6 Å². The quantitative estimate of drug-likeness (QED) is 0.601. The van der Waals surface area contributed by atoms with E-state index in [4.69, 9.17) is 4.98 Å². The molecule has 0 aromatic carbocycles. The van der Waals surface area contributed by atoms with Crippen molar-refractivity contribution in [2.75, 3.05) is 16.8 Å². The molecule has 0 radical (unpaired) electrons. The Hall–Kier alpha value is -3.16. The van der Waals surface area contributed by atoms with Gasteiger partial charge in [-0.2, -0.15) is 0 Å². The number of amides is 2. The van der Waals surface area contributed by atoms with Gasteiger partial charge in [-0.25, -0.2) is 0 Å². The van der Waals surface area contributed by atoms with Gasteiger partial charge in [0.25, 0.3) is 11.5 Å². The van der Waals surface area contributed by atoms with E-state index in [1.54, 1.807) is 6.07 Å². The number of anilines is 2. The highest BCUT2D eigenvalue weighted by molar-refractivity contribution is 6.02. The first-order valence-corrected chi connectivity index (χ1v) is 12.3. The Bertz CT molecular complexity index is 1190. The van der Waals surface area contributed by atoms with Gasteiger partial charge >= 0.3 is 0 Å². The number of aromatic amines is 1. The molecule has 1 aliphatic heterocycles. The average molecular weight is 466 g/mol. The first-order chi connectivity index (χ1) is 16.2. The number of nitrogens with one attached hydrogen (secondary N) is 3. The van der Waals surface area contributed by atoms with Crippen LogP contribution >= 0.6 is 0 Å². The lowest BCUT2D eigenvalue weighted by Crippen LogP contribution is -2.35. The van der Waals surface area contributed by atoms with Crippen molar-refractivity contribution in [3.63, 3.8) is 0 Å². The molecule has 1 fully saturated rings. The molecule has 0 spiro atoms. The molecule has 2 amide bonds. The van der Waals surface area contributed by atoms with Gasteiger partial charge in [-0.15, -0.1) is 0 Å². The topological polar surface area (TPSA) is 107 Å². The lowest BCUT2D eigenvalue weighted by Gasteiger charge is -2.30. The Balaban J connectivity index is 1.77. The molecule has 182 valence electrons. The minimum Gasteiger partial charge on any atom is -0.364 e. The summed E-state index contributed by atoms with van der Waals surface area (Å²) in [6.07, 6.45) is 4.67. The van der Waals surface area contributed by atoms with Crippen molar-refractivity contribution in [3.8, 4) is 0 Å². The average Bonchev–Trinajstić information content (AvgIpc) is 3.23. The first-order valence-electron chi connectivity index (χ1n) is 12.3. The van der Waals surface area contributed by atoms with Gasteiger partial charge in [0.05, 0.1) is 11.6 Å². The zero-order chi connectivity index (χ0) is 24.6. The van der Waals surface area contributed by atoms with Gasteiger partial charge in [-0.3, -0.25) is 19.4 Å². The van der Waals surface area contributed by atoms with Crippen molar-refractivity contribution in [1.29, 1.82) is 0 Å². The lowest BCUT2D eigenvalue weighted by molar-refractivity contribution is -0.117. The van der Waals surface area contributed by atoms with Crippen molar-refractivity contribution >= 4 is 23.3 Å². The molecule has 3 N–H and O–H groups in total. The van der Waals surface area contributed by atoms with E-state index < -0.39 is 0 Å². The van der Waals surface area contributed by atoms with Gasteiger partial charge in [0.15, 0.2) is 0 Å². The summed E-state index contributed by atoms with van der Waals surface area (Å²) in [7, 11) is 0. The molecular weight excluding hydrogens is 430 g/mol. The second-order valence-electron chi connectivity index (χ2n) is 9.60. The third-order valence-corrected chi connectivity index (χ3v) is 7.32. The summed E-state index contributed by atoms with van der Waals surface area (Å²) in [6, 6.07) is 1.48. The fourth-order valence-electron chi connectivity index (χ4n) is 4.95. The molecule has 4 rings (SSSR count). The van der Waals surface area contributed by atoms with Crippen molar-refractivity contribution in [2.45, 2.75) is 85.2 Å². The third-order valence-electron chi connectivity index (χ3n) is 7.32. The normalized spacial score (nSPS) is 18.6. The number of aryl methyl sites for hydroxylation is 2. The summed E-state index contributed by atoms with van der Waals surface area (Å²) < 4.78 is 0. The SMILES string of the molecule is CCC(C)NC(=O)c1cc(N2CCCC2=O)c(=O)[nH]c1NC1CCCc2nc(C)c(C)c(C)c21. The van der Waals surface area contributed by atoms with Crippen LogP contribution in [0.1, 0.15) is 90.4 Å². The molecule has 2 aromatic rings. The Labute approximate surface area is 200 Å². The van der Waals surface area contributed by atoms with Crippen molar-refractivity contribution in [1.82, 2.24) is 15.3 Å². The van der Waals surface area contributed by atoms with Gasteiger partial charge in [-0.1, -0.05) is 6.92 Å². The zero-order valence-electron chi connectivity index (χ0n) is 20.8. The van der Waals surface area contributed by atoms with Gasteiger partial charge in [0.1, 0.15) is 11.5 Å². The van der Waals surface area contributed by atoms with Crippen molar-refractivity contribution in [2.24, 2.45) is 0 Å². The summed E-state index contributed by atoms with van der Waals surface area (Å²) >= 11 is 0. The number of hydrogen-bond acceptors (Lipinski definition) is 5. The molecule has 2 atom stereocenters. The summed E-state index contributed by atoms with van der Waals surface area (Å²) in [4.78, 5) is 47.8. The van der Waals surface area contributed by atoms with Gasteiger partial charge < -0.3 is 20.5 Å². The Kier molecular flexibility index (Phi) is 6.77. The number of aromatic nitrogens is 2. The number of rotatable bonds is 6. The molecule has 3 heterocycles. The zero-order valence-corrected chi connectivity index (χ0v) is 20.8. The lowest BCUT2D eigenvalue weighted by atomic mass is 9.86. The van der Waals surface area contributed by atoms with E-state index in [1.165, 1.54) is 16.0 Å². The molecule has 2 aliphatic rings. The Morgan fingerprint density at radius 2 is 1.97 bits per heavy atom. The molecule has 0 saturated carbocycles. The second-order valence-corrected chi connectivity index (χ2v) is 9.60. The fourth-order valence-corrected chi connectivity index (χ4v) is 4.95. The fraction of sp³-hybridized carbons (Fsp3) is 0.538. The Morgan fingerprint density at radius 1 is 1.21 bits per heavy atom. The van der Waals surface area contributed by atoms with E-state index in [2.05, 4.69) is 29.5 Å². The largest absolute Gasteiger partial charge is 0.364 e. The molecule has 1 aliphatic carbocycles. The number of pyridine rings is 2. The minimum atomic E-state index is -0.371. The molecule has 34 heavy (non-hydrogen) atoms. The first kappa shape index (κ1) is 24.0. The van der Waals surface area contributed by atoms with Crippen LogP contribution in [0.25, 0.3) is 0 Å². The van der Waals surface area contributed by atoms with Crippen LogP contribution < -0.4 is 21.1 Å². The van der Waals surface area contributed by atoms with Crippen LogP contribution in [0.15, 0.2) is 10.9 Å². The molecule has 1 saturated heterocycles. The standard InChI is InChI=1S/C26H35N5O3/c1-6-14(2)27-25(33)18-13-21(31-12-8-11-22(31)32)26(34)30-24(18)29-20-10-7-9-19-23(20)16(4)15(3)17(5)28-19/h13-14,20H,6-12H2,1-5H3,(H,27,33)(H2,29,30,34). The summed E-state index contributed by atoms with van der Waals surface area (Å²) in [5.41, 5.74) is 5.85. The predicted octanol–water partition coefficient (Wildman–Crippen LogP) is 3.84. The van der Waals surface area contributed by atoms with Crippen LogP contribution in [0, 0.1) is 20.8 Å².